The molecule has 0 aliphatic carbocycles. The molecule has 1 rings (SSSR count). The van der Waals surface area contributed by atoms with Crippen molar-refractivity contribution in [2.45, 2.75) is 51.9 Å². The Balaban J connectivity index is 2.57. The van der Waals surface area contributed by atoms with Crippen LogP contribution in [0.25, 0.3) is 0 Å². The lowest BCUT2D eigenvalue weighted by Crippen LogP contribution is -2.43. The predicted octanol–water partition coefficient (Wildman–Crippen LogP) is 1.83. The van der Waals surface area contributed by atoms with Crippen molar-refractivity contribution < 1.29 is 9.47 Å². The molecule has 108 valence electrons. The third-order valence-electron chi connectivity index (χ3n) is 4.75. The Morgan fingerprint density at radius 3 is 2.22 bits per heavy atom. The highest BCUT2D eigenvalue weighted by Crippen LogP contribution is 2.38. The molecular weight excluding hydrogens is 228 g/mol. The minimum atomic E-state index is -0.142. The number of ether oxygens (including phenoxy) is 2. The summed E-state index contributed by atoms with van der Waals surface area (Å²) in [6, 6.07) is 0.370. The Bertz CT molecular complexity index is 228. The van der Waals surface area contributed by atoms with E-state index < -0.39 is 0 Å². The summed E-state index contributed by atoms with van der Waals surface area (Å²) in [6.45, 7) is 7.60. The van der Waals surface area contributed by atoms with Gasteiger partial charge in [0.05, 0.1) is 0 Å². The van der Waals surface area contributed by atoms with E-state index in [0.29, 0.717) is 18.0 Å². The van der Waals surface area contributed by atoms with E-state index in [1.54, 1.807) is 14.2 Å². The fourth-order valence-corrected chi connectivity index (χ4v) is 3.01. The van der Waals surface area contributed by atoms with Crippen LogP contribution in [0.2, 0.25) is 0 Å². The molecule has 4 nitrogen and oxygen atoms in total. The highest BCUT2D eigenvalue weighted by molar-refractivity contribution is 4.91. The second kappa shape index (κ2) is 7.43. The van der Waals surface area contributed by atoms with E-state index in [1.807, 2.05) is 0 Å². The van der Waals surface area contributed by atoms with Crippen LogP contribution in [0.15, 0.2) is 0 Å². The van der Waals surface area contributed by atoms with Gasteiger partial charge in [0, 0.05) is 39.8 Å². The summed E-state index contributed by atoms with van der Waals surface area (Å²) in [5.41, 5.74) is 6.43. The van der Waals surface area contributed by atoms with Gasteiger partial charge >= 0.3 is 0 Å². The summed E-state index contributed by atoms with van der Waals surface area (Å²) in [4.78, 5) is 2.53. The molecule has 0 saturated carbocycles. The number of rotatable bonds is 8. The molecule has 0 amide bonds. The third-order valence-corrected chi connectivity index (χ3v) is 4.75. The topological polar surface area (TPSA) is 47.7 Å². The lowest BCUT2D eigenvalue weighted by Gasteiger charge is -2.32. The summed E-state index contributed by atoms with van der Waals surface area (Å²) < 4.78 is 10.6. The minimum Gasteiger partial charge on any atom is -0.356 e. The zero-order valence-electron chi connectivity index (χ0n) is 12.4. The first-order chi connectivity index (χ1) is 8.64. The van der Waals surface area contributed by atoms with Crippen molar-refractivity contribution in [3.05, 3.63) is 0 Å². The van der Waals surface area contributed by atoms with Gasteiger partial charge in [-0.3, -0.25) is 4.90 Å². The molecule has 4 heteroatoms. The molecule has 1 aliphatic rings. The van der Waals surface area contributed by atoms with Gasteiger partial charge in [0.1, 0.15) is 0 Å². The van der Waals surface area contributed by atoms with Crippen LogP contribution in [0, 0.1) is 5.41 Å². The minimum absolute atomic E-state index is 0.142. The van der Waals surface area contributed by atoms with Crippen molar-refractivity contribution in [3.8, 4) is 0 Å². The van der Waals surface area contributed by atoms with Gasteiger partial charge in [0.25, 0.3) is 0 Å². The summed E-state index contributed by atoms with van der Waals surface area (Å²) >= 11 is 0. The largest absolute Gasteiger partial charge is 0.356 e. The molecule has 0 radical (unpaired) electrons. The molecule has 0 aromatic carbocycles. The van der Waals surface area contributed by atoms with Crippen LogP contribution >= 0.6 is 0 Å². The Labute approximate surface area is 112 Å². The van der Waals surface area contributed by atoms with Crippen molar-refractivity contribution in [3.63, 3.8) is 0 Å². The lowest BCUT2D eigenvalue weighted by atomic mass is 9.82. The van der Waals surface area contributed by atoms with E-state index in [9.17, 15) is 0 Å². The van der Waals surface area contributed by atoms with Crippen LogP contribution in [0.5, 0.6) is 0 Å². The first-order valence-electron chi connectivity index (χ1n) is 7.14. The van der Waals surface area contributed by atoms with Gasteiger partial charge in [-0.15, -0.1) is 0 Å². The monoisotopic (exact) mass is 258 g/mol. The van der Waals surface area contributed by atoms with Gasteiger partial charge in [-0.1, -0.05) is 13.8 Å². The van der Waals surface area contributed by atoms with Crippen LogP contribution in [-0.2, 0) is 9.47 Å². The predicted molar refractivity (Wildman–Crippen MR) is 74.5 cm³/mol. The number of nitrogens with zero attached hydrogens (tertiary/aromatic N) is 1. The van der Waals surface area contributed by atoms with Crippen molar-refractivity contribution >= 4 is 0 Å². The maximum atomic E-state index is 5.93. The highest BCUT2D eigenvalue weighted by Gasteiger charge is 2.37. The molecule has 1 heterocycles. The van der Waals surface area contributed by atoms with E-state index >= 15 is 0 Å². The van der Waals surface area contributed by atoms with Crippen molar-refractivity contribution in [1.82, 2.24) is 4.90 Å². The molecule has 0 bridgehead atoms. The number of methoxy groups -OCH3 is 2. The second-order valence-electron chi connectivity index (χ2n) is 5.45. The second-order valence-corrected chi connectivity index (χ2v) is 5.45. The Morgan fingerprint density at radius 2 is 1.83 bits per heavy atom. The smallest absolute Gasteiger partial charge is 0.158 e. The van der Waals surface area contributed by atoms with Gasteiger partial charge in [-0.25, -0.2) is 0 Å². The van der Waals surface area contributed by atoms with Crippen LogP contribution in [-0.4, -0.2) is 51.1 Å². The normalized spacial score (nSPS) is 21.7. The molecule has 1 unspecified atom stereocenters. The summed E-state index contributed by atoms with van der Waals surface area (Å²) in [5, 5.41) is 0. The molecule has 1 atom stereocenters. The molecule has 18 heavy (non-hydrogen) atoms. The molecule has 1 aliphatic heterocycles. The van der Waals surface area contributed by atoms with E-state index in [2.05, 4.69) is 18.7 Å². The van der Waals surface area contributed by atoms with Gasteiger partial charge in [-0.05, 0) is 31.2 Å². The SMILES string of the molecule is CCC1(CC)CCN(C(CN)CC(OC)OC)C1. The van der Waals surface area contributed by atoms with Crippen molar-refractivity contribution in [2.24, 2.45) is 11.1 Å². The van der Waals surface area contributed by atoms with Gasteiger partial charge in [-0.2, -0.15) is 0 Å². The van der Waals surface area contributed by atoms with Crippen molar-refractivity contribution in [1.29, 1.82) is 0 Å². The molecule has 0 aromatic rings. The molecule has 2 N–H and O–H groups in total. The number of hydrogen-bond donors (Lipinski definition) is 1. The van der Waals surface area contributed by atoms with Crippen LogP contribution in [0.3, 0.4) is 0 Å². The Kier molecular flexibility index (Phi) is 6.57. The third kappa shape index (κ3) is 3.67. The Morgan fingerprint density at radius 1 is 1.22 bits per heavy atom. The summed E-state index contributed by atoms with van der Waals surface area (Å²) in [7, 11) is 3.38. The first kappa shape index (κ1) is 15.9. The number of likely N-dealkylation sites (tertiary alicyclic amines) is 1. The first-order valence-corrected chi connectivity index (χ1v) is 7.14. The van der Waals surface area contributed by atoms with Gasteiger partial charge < -0.3 is 15.2 Å². The van der Waals surface area contributed by atoms with Crippen LogP contribution < -0.4 is 5.73 Å². The fraction of sp³-hybridized carbons (Fsp3) is 1.00. The van der Waals surface area contributed by atoms with Crippen molar-refractivity contribution in [2.75, 3.05) is 33.9 Å². The summed E-state index contributed by atoms with van der Waals surface area (Å²) in [5.74, 6) is 0. The van der Waals surface area contributed by atoms with Crippen LogP contribution in [0.1, 0.15) is 39.5 Å². The maximum absolute atomic E-state index is 5.93. The summed E-state index contributed by atoms with van der Waals surface area (Å²) in [6.07, 6.45) is 4.52. The average Bonchev–Trinajstić information content (AvgIpc) is 2.85. The molecule has 0 spiro atoms. The Hall–Kier alpha value is -0.160. The molecule has 0 aromatic heterocycles. The molecule has 1 saturated heterocycles. The van der Waals surface area contributed by atoms with E-state index in [1.165, 1.54) is 25.8 Å². The van der Waals surface area contributed by atoms with E-state index in [-0.39, 0.29) is 6.29 Å². The quantitative estimate of drug-likeness (QED) is 0.675. The zero-order chi connectivity index (χ0) is 13.6. The van der Waals surface area contributed by atoms with E-state index in [0.717, 1.165) is 13.0 Å². The zero-order valence-corrected chi connectivity index (χ0v) is 12.4. The van der Waals surface area contributed by atoms with Crippen LogP contribution in [0.4, 0.5) is 0 Å². The fourth-order valence-electron chi connectivity index (χ4n) is 3.01. The van der Waals surface area contributed by atoms with E-state index in [4.69, 9.17) is 15.2 Å². The maximum Gasteiger partial charge on any atom is 0.158 e. The molecule has 1 fully saturated rings. The average molecular weight is 258 g/mol. The molecular formula is C14H30N2O2. The van der Waals surface area contributed by atoms with Gasteiger partial charge in [0.15, 0.2) is 6.29 Å². The standard InChI is InChI=1S/C14H30N2O2/c1-5-14(6-2)7-8-16(11-14)12(10-15)9-13(17-3)18-4/h12-13H,5-11,15H2,1-4H3. The number of nitrogens with two attached hydrogens (primary N) is 1. The highest BCUT2D eigenvalue weighted by atomic mass is 16.7. The number of hydrogen-bond acceptors (Lipinski definition) is 4. The lowest BCUT2D eigenvalue weighted by molar-refractivity contribution is -0.116. The van der Waals surface area contributed by atoms with Gasteiger partial charge in [0.2, 0.25) is 0 Å².